The maximum Gasteiger partial charge on any atom is 0.224 e. The van der Waals surface area contributed by atoms with E-state index in [1.165, 1.54) is 5.56 Å². The van der Waals surface area contributed by atoms with E-state index in [4.69, 9.17) is 15.2 Å². The van der Waals surface area contributed by atoms with Gasteiger partial charge in [0.2, 0.25) is 11.8 Å². The predicted octanol–water partition coefficient (Wildman–Crippen LogP) is 5.87. The van der Waals surface area contributed by atoms with Crippen LogP contribution >= 0.6 is 0 Å². The average Bonchev–Trinajstić information content (AvgIpc) is 3.14. The largest absolute Gasteiger partial charge is 0.397 e. The van der Waals surface area contributed by atoms with E-state index in [1.807, 2.05) is 54.6 Å². The first-order valence-corrected chi connectivity index (χ1v) is 17.5. The van der Waals surface area contributed by atoms with Crippen molar-refractivity contribution in [3.8, 4) is 0 Å². The Kier molecular flexibility index (Phi) is 12.3. The van der Waals surface area contributed by atoms with Gasteiger partial charge in [0.1, 0.15) is 0 Å². The third-order valence-corrected chi connectivity index (χ3v) is 9.28. The minimum Gasteiger partial charge on any atom is -0.397 e. The zero-order valence-electron chi connectivity index (χ0n) is 28.4. The van der Waals surface area contributed by atoms with Gasteiger partial charge in [-0.3, -0.25) is 19.4 Å². The molecule has 262 valence electrons. The number of hydrogen-bond donors (Lipinski definition) is 4. The van der Waals surface area contributed by atoms with Crippen molar-refractivity contribution in [2.24, 2.45) is 0 Å². The summed E-state index contributed by atoms with van der Waals surface area (Å²) in [6.45, 7) is 5.69. The van der Waals surface area contributed by atoms with E-state index in [-0.39, 0.29) is 43.5 Å². The maximum atomic E-state index is 12.8. The van der Waals surface area contributed by atoms with Crippen molar-refractivity contribution in [2.75, 3.05) is 49.1 Å². The second kappa shape index (κ2) is 17.4. The molecule has 0 spiro atoms. The molecule has 0 bridgehead atoms. The molecular formula is C40H47N5O5. The summed E-state index contributed by atoms with van der Waals surface area (Å²) in [5, 5.41) is 15.3. The molecule has 3 unspecified atom stereocenters. The van der Waals surface area contributed by atoms with Crippen LogP contribution in [0.4, 0.5) is 17.1 Å². The SMILES string of the molecule is Nc1ccccc1NC(=O)CCCC(=O)Nc1cccc(C2OC(CN3CCN(Cc4ccccc4)CC3)CC(c3ccc(CO)cc3)O2)c1. The van der Waals surface area contributed by atoms with Crippen molar-refractivity contribution in [3.05, 3.63) is 125 Å². The van der Waals surface area contributed by atoms with Crippen LogP contribution in [0.2, 0.25) is 0 Å². The Bertz CT molecular complexity index is 1690. The minimum absolute atomic E-state index is 0.00899. The molecule has 4 aromatic carbocycles. The Labute approximate surface area is 294 Å². The van der Waals surface area contributed by atoms with Crippen molar-refractivity contribution < 1.29 is 24.2 Å². The van der Waals surface area contributed by atoms with Gasteiger partial charge >= 0.3 is 0 Å². The predicted molar refractivity (Wildman–Crippen MR) is 195 cm³/mol. The summed E-state index contributed by atoms with van der Waals surface area (Å²) in [6, 6.07) is 33.2. The number of benzene rings is 4. The quantitative estimate of drug-likeness (QED) is 0.129. The summed E-state index contributed by atoms with van der Waals surface area (Å²) in [4.78, 5) is 30.2. The normalized spacial score (nSPS) is 19.9. The van der Waals surface area contributed by atoms with Gasteiger partial charge in [-0.25, -0.2) is 0 Å². The van der Waals surface area contributed by atoms with E-state index in [9.17, 15) is 14.7 Å². The van der Waals surface area contributed by atoms with Crippen molar-refractivity contribution in [1.29, 1.82) is 0 Å². The Morgan fingerprint density at radius 1 is 0.740 bits per heavy atom. The van der Waals surface area contributed by atoms with Crippen molar-refractivity contribution in [3.63, 3.8) is 0 Å². The number of aliphatic hydroxyl groups excluding tert-OH is 1. The molecule has 0 saturated carbocycles. The van der Waals surface area contributed by atoms with E-state index in [0.717, 1.165) is 56.0 Å². The number of carbonyl (C=O) groups excluding carboxylic acids is 2. The maximum absolute atomic E-state index is 12.8. The molecule has 2 aliphatic heterocycles. The highest BCUT2D eigenvalue weighted by Gasteiger charge is 2.34. The van der Waals surface area contributed by atoms with Crippen LogP contribution in [0.1, 0.15) is 60.3 Å². The fraction of sp³-hybridized carbons (Fsp3) is 0.350. The third kappa shape index (κ3) is 9.99. The Hall–Kier alpha value is -4.58. The summed E-state index contributed by atoms with van der Waals surface area (Å²) < 4.78 is 13.2. The van der Waals surface area contributed by atoms with Gasteiger partial charge in [0.05, 0.1) is 30.2 Å². The highest BCUT2D eigenvalue weighted by molar-refractivity contribution is 5.94. The summed E-state index contributed by atoms with van der Waals surface area (Å²) in [5.74, 6) is -0.362. The fourth-order valence-electron chi connectivity index (χ4n) is 6.51. The highest BCUT2D eigenvalue weighted by atomic mass is 16.7. The van der Waals surface area contributed by atoms with Crippen LogP contribution in [-0.4, -0.2) is 65.5 Å². The molecule has 2 saturated heterocycles. The van der Waals surface area contributed by atoms with Crippen LogP contribution in [0.3, 0.4) is 0 Å². The molecule has 0 radical (unpaired) electrons. The Morgan fingerprint density at radius 2 is 1.44 bits per heavy atom. The summed E-state index contributed by atoms with van der Waals surface area (Å²) >= 11 is 0. The zero-order chi connectivity index (χ0) is 34.7. The molecule has 50 heavy (non-hydrogen) atoms. The number of nitrogens with one attached hydrogen (secondary N) is 2. The molecule has 0 aliphatic carbocycles. The standard InChI is InChI=1S/C40H47N5O5/c41-35-12-4-5-13-36(35)43-39(48)15-7-14-38(47)42-33-11-6-10-32(24-33)40-49-34(25-37(50-40)31-18-16-30(28-46)17-19-31)27-45-22-20-44(21-23-45)26-29-8-2-1-3-9-29/h1-6,8-13,16-19,24,34,37,40,46H,7,14-15,20-23,25-28,41H2,(H,42,47)(H,43,48). The molecule has 2 aliphatic rings. The molecule has 6 rings (SSSR count). The first-order chi connectivity index (χ1) is 24.4. The summed E-state index contributed by atoms with van der Waals surface area (Å²) in [5.41, 5.74) is 11.7. The zero-order valence-corrected chi connectivity index (χ0v) is 28.4. The van der Waals surface area contributed by atoms with Crippen LogP contribution in [0.5, 0.6) is 0 Å². The molecule has 3 atom stereocenters. The van der Waals surface area contributed by atoms with Gasteiger partial charge in [0.25, 0.3) is 0 Å². The lowest BCUT2D eigenvalue weighted by molar-refractivity contribution is -0.253. The number of ether oxygens (including phenoxy) is 2. The summed E-state index contributed by atoms with van der Waals surface area (Å²) in [6.07, 6.45) is 0.633. The van der Waals surface area contributed by atoms with E-state index in [2.05, 4.69) is 50.8 Å². The second-order valence-corrected chi connectivity index (χ2v) is 13.1. The lowest BCUT2D eigenvalue weighted by atomic mass is 9.99. The average molecular weight is 678 g/mol. The number of carbonyl (C=O) groups is 2. The van der Waals surface area contributed by atoms with Crippen LogP contribution in [0, 0.1) is 0 Å². The molecule has 2 heterocycles. The summed E-state index contributed by atoms with van der Waals surface area (Å²) in [7, 11) is 0. The smallest absolute Gasteiger partial charge is 0.224 e. The van der Waals surface area contributed by atoms with Gasteiger partial charge in [-0.05, 0) is 47.4 Å². The topological polar surface area (TPSA) is 129 Å². The molecule has 0 aromatic heterocycles. The van der Waals surface area contributed by atoms with Gasteiger partial charge in [0, 0.05) is 69.8 Å². The number of nitrogens with two attached hydrogens (primary N) is 1. The molecule has 5 N–H and O–H groups in total. The number of rotatable bonds is 13. The number of nitrogens with zero attached hydrogens (tertiary/aromatic N) is 2. The number of para-hydroxylation sites is 2. The van der Waals surface area contributed by atoms with E-state index in [0.29, 0.717) is 29.9 Å². The van der Waals surface area contributed by atoms with Crippen molar-refractivity contribution in [1.82, 2.24) is 9.80 Å². The Morgan fingerprint density at radius 3 is 2.18 bits per heavy atom. The number of aliphatic hydroxyl groups is 1. The van der Waals surface area contributed by atoms with Gasteiger partial charge in [0.15, 0.2) is 6.29 Å². The van der Waals surface area contributed by atoms with E-state index >= 15 is 0 Å². The second-order valence-electron chi connectivity index (χ2n) is 13.1. The number of nitrogen functional groups attached to an aromatic ring is 1. The lowest BCUT2D eigenvalue weighted by Gasteiger charge is -2.41. The van der Waals surface area contributed by atoms with E-state index in [1.54, 1.807) is 18.2 Å². The van der Waals surface area contributed by atoms with Crippen LogP contribution in [-0.2, 0) is 32.2 Å². The van der Waals surface area contributed by atoms with Gasteiger partial charge in [-0.2, -0.15) is 0 Å². The van der Waals surface area contributed by atoms with Crippen molar-refractivity contribution in [2.45, 2.75) is 57.3 Å². The first kappa shape index (κ1) is 35.3. The molecule has 2 amide bonds. The van der Waals surface area contributed by atoms with Gasteiger partial charge in [-0.15, -0.1) is 0 Å². The number of piperazine rings is 1. The van der Waals surface area contributed by atoms with Gasteiger partial charge in [-0.1, -0.05) is 78.9 Å². The third-order valence-electron chi connectivity index (χ3n) is 9.28. The number of amides is 2. The first-order valence-electron chi connectivity index (χ1n) is 17.5. The Balaban J connectivity index is 1.05. The van der Waals surface area contributed by atoms with Crippen LogP contribution in [0.15, 0.2) is 103 Å². The molecule has 4 aromatic rings. The molecule has 10 heteroatoms. The lowest BCUT2D eigenvalue weighted by Crippen LogP contribution is -2.49. The fourth-order valence-corrected chi connectivity index (χ4v) is 6.51. The van der Waals surface area contributed by atoms with Crippen LogP contribution < -0.4 is 16.4 Å². The van der Waals surface area contributed by atoms with E-state index < -0.39 is 6.29 Å². The van der Waals surface area contributed by atoms with Gasteiger partial charge < -0.3 is 30.9 Å². The highest BCUT2D eigenvalue weighted by Crippen LogP contribution is 2.39. The molecular weight excluding hydrogens is 630 g/mol. The minimum atomic E-state index is -0.624. The monoisotopic (exact) mass is 677 g/mol. The van der Waals surface area contributed by atoms with Crippen molar-refractivity contribution >= 4 is 28.9 Å². The number of hydrogen-bond acceptors (Lipinski definition) is 8. The molecule has 2 fully saturated rings. The molecule has 10 nitrogen and oxygen atoms in total. The number of anilines is 3. The van der Waals surface area contributed by atoms with Crippen LogP contribution in [0.25, 0.3) is 0 Å².